The van der Waals surface area contributed by atoms with Gasteiger partial charge in [0.2, 0.25) is 0 Å². The van der Waals surface area contributed by atoms with Gasteiger partial charge in [-0.25, -0.2) is 4.98 Å². The average Bonchev–Trinajstić information content (AvgIpc) is 3.29. The summed E-state index contributed by atoms with van der Waals surface area (Å²) in [6, 6.07) is 8.79. The maximum Gasteiger partial charge on any atom is 0.405 e. The molecule has 11 heteroatoms. The number of methoxy groups -OCH3 is 2. The van der Waals surface area contributed by atoms with Gasteiger partial charge in [0.25, 0.3) is 5.91 Å². The minimum Gasteiger partial charge on any atom is -0.496 e. The second kappa shape index (κ2) is 10.1. The Bertz CT molecular complexity index is 1380. The van der Waals surface area contributed by atoms with Crippen LogP contribution in [0.2, 0.25) is 0 Å². The highest BCUT2D eigenvalue weighted by Gasteiger charge is 2.30. The lowest BCUT2D eigenvalue weighted by Gasteiger charge is -2.16. The zero-order valence-electron chi connectivity index (χ0n) is 19.7. The van der Waals surface area contributed by atoms with Crippen LogP contribution in [0.4, 0.5) is 13.2 Å². The van der Waals surface area contributed by atoms with Gasteiger partial charge in [-0.3, -0.25) is 14.2 Å². The van der Waals surface area contributed by atoms with Crippen LogP contribution < -0.4 is 19.5 Å². The van der Waals surface area contributed by atoms with Crippen molar-refractivity contribution >= 4 is 11.6 Å². The highest BCUT2D eigenvalue weighted by Crippen LogP contribution is 2.36. The molecule has 3 heterocycles. The molecule has 188 valence electrons. The first-order valence-electron chi connectivity index (χ1n) is 10.9. The molecule has 0 radical (unpaired) electrons. The molecule has 4 aromatic rings. The van der Waals surface area contributed by atoms with Crippen LogP contribution in [0.5, 0.6) is 17.2 Å². The summed E-state index contributed by atoms with van der Waals surface area (Å²) >= 11 is 0. The van der Waals surface area contributed by atoms with Gasteiger partial charge in [-0.15, -0.1) is 0 Å². The van der Waals surface area contributed by atoms with Gasteiger partial charge in [0.05, 0.1) is 38.9 Å². The number of carbonyl (C=O) groups is 1. The Kier molecular flexibility index (Phi) is 7.00. The average molecular weight is 500 g/mol. The van der Waals surface area contributed by atoms with E-state index < -0.39 is 18.6 Å². The van der Waals surface area contributed by atoms with Crippen LogP contribution in [0.25, 0.3) is 28.0 Å². The highest BCUT2D eigenvalue weighted by atomic mass is 19.4. The molecule has 0 bridgehead atoms. The molecule has 8 nitrogen and oxygen atoms in total. The number of hydrogen-bond acceptors (Lipinski definition) is 6. The van der Waals surface area contributed by atoms with Crippen LogP contribution >= 0.6 is 0 Å². The molecular formula is C25H23F3N4O4. The lowest BCUT2D eigenvalue weighted by atomic mass is 10.1. The summed E-state index contributed by atoms with van der Waals surface area (Å²) in [6.07, 6.45) is 2.31. The summed E-state index contributed by atoms with van der Waals surface area (Å²) in [6.45, 7) is 0.957. The minimum atomic E-state index is -4.55. The van der Waals surface area contributed by atoms with E-state index in [0.717, 1.165) is 11.1 Å². The molecule has 0 spiro atoms. The van der Waals surface area contributed by atoms with Crippen LogP contribution in [0.1, 0.15) is 17.3 Å². The summed E-state index contributed by atoms with van der Waals surface area (Å²) in [4.78, 5) is 21.2. The Morgan fingerprint density at radius 2 is 1.72 bits per heavy atom. The van der Waals surface area contributed by atoms with Gasteiger partial charge in [0, 0.05) is 23.5 Å². The third-order valence-electron chi connectivity index (χ3n) is 5.35. The van der Waals surface area contributed by atoms with Crippen molar-refractivity contribution in [1.82, 2.24) is 19.7 Å². The van der Waals surface area contributed by atoms with E-state index >= 15 is 0 Å². The van der Waals surface area contributed by atoms with E-state index in [0.29, 0.717) is 29.3 Å². The quantitative estimate of drug-likeness (QED) is 0.375. The first-order valence-corrected chi connectivity index (χ1v) is 10.9. The Morgan fingerprint density at radius 3 is 2.36 bits per heavy atom. The fraction of sp³-hybridized carbons (Fsp3) is 0.240. The highest BCUT2D eigenvalue weighted by molar-refractivity contribution is 6.00. The van der Waals surface area contributed by atoms with Crippen molar-refractivity contribution < 1.29 is 32.2 Å². The van der Waals surface area contributed by atoms with Crippen molar-refractivity contribution in [1.29, 1.82) is 0 Å². The second-order valence-corrected chi connectivity index (χ2v) is 7.68. The van der Waals surface area contributed by atoms with E-state index in [9.17, 15) is 18.0 Å². The number of aromatic nitrogens is 3. The van der Waals surface area contributed by atoms with Crippen LogP contribution in [0, 0.1) is 0 Å². The third kappa shape index (κ3) is 5.19. The number of nitrogens with zero attached hydrogens (tertiary/aromatic N) is 3. The smallest absolute Gasteiger partial charge is 0.405 e. The van der Waals surface area contributed by atoms with Gasteiger partial charge in [0.1, 0.15) is 35.0 Å². The number of fused-ring (bicyclic) bond motifs is 1. The van der Waals surface area contributed by atoms with Crippen LogP contribution in [0.15, 0.2) is 55.1 Å². The minimum absolute atomic E-state index is 0.0643. The van der Waals surface area contributed by atoms with Gasteiger partial charge in [0.15, 0.2) is 0 Å². The van der Waals surface area contributed by atoms with E-state index in [1.165, 1.54) is 14.2 Å². The van der Waals surface area contributed by atoms with Crippen molar-refractivity contribution in [2.24, 2.45) is 0 Å². The largest absolute Gasteiger partial charge is 0.496 e. The first kappa shape index (κ1) is 24.8. The number of benzene rings is 1. The zero-order chi connectivity index (χ0) is 25.9. The molecule has 0 saturated heterocycles. The lowest BCUT2D eigenvalue weighted by molar-refractivity contribution is -0.123. The van der Waals surface area contributed by atoms with Crippen molar-refractivity contribution in [2.45, 2.75) is 13.1 Å². The molecule has 1 amide bonds. The van der Waals surface area contributed by atoms with Gasteiger partial charge in [-0.2, -0.15) is 13.2 Å². The van der Waals surface area contributed by atoms with E-state index in [1.54, 1.807) is 30.7 Å². The Balaban J connectivity index is 1.71. The Labute approximate surface area is 204 Å². The van der Waals surface area contributed by atoms with Crippen molar-refractivity contribution in [3.05, 3.63) is 60.7 Å². The number of alkyl halides is 3. The maximum atomic E-state index is 12.6. The van der Waals surface area contributed by atoms with Gasteiger partial charge in [-0.1, -0.05) is 0 Å². The number of nitrogens with one attached hydrogen (secondary N) is 1. The number of ether oxygens (including phenoxy) is 3. The number of pyridine rings is 2. The van der Waals surface area contributed by atoms with E-state index in [2.05, 4.69) is 9.97 Å². The Morgan fingerprint density at radius 1 is 1.00 bits per heavy atom. The van der Waals surface area contributed by atoms with E-state index in [-0.39, 0.29) is 17.1 Å². The molecule has 0 aliphatic carbocycles. The van der Waals surface area contributed by atoms with Gasteiger partial charge in [-0.05, 0) is 42.8 Å². The molecule has 3 aromatic heterocycles. The van der Waals surface area contributed by atoms with Crippen molar-refractivity contribution in [2.75, 3.05) is 27.4 Å². The van der Waals surface area contributed by atoms with Crippen LogP contribution in [0.3, 0.4) is 0 Å². The summed E-state index contributed by atoms with van der Waals surface area (Å²) in [5, 5.41) is 1.85. The number of halogens is 3. The second-order valence-electron chi connectivity index (χ2n) is 7.68. The van der Waals surface area contributed by atoms with E-state index in [4.69, 9.17) is 14.2 Å². The summed E-state index contributed by atoms with van der Waals surface area (Å²) < 4.78 is 55.8. The SMILES string of the molecule is CCOc1cncc(-c2ccn3c(-c4cc(OC)c(C(=O)NCC(F)(F)F)c(OC)c4)cnc3c2)c1. The zero-order valence-corrected chi connectivity index (χ0v) is 19.7. The fourth-order valence-electron chi connectivity index (χ4n) is 3.75. The molecule has 0 saturated carbocycles. The molecule has 0 atom stereocenters. The topological polar surface area (TPSA) is 87.0 Å². The molecule has 1 N–H and O–H groups in total. The predicted molar refractivity (Wildman–Crippen MR) is 127 cm³/mol. The molecule has 0 aliphatic rings. The molecule has 36 heavy (non-hydrogen) atoms. The summed E-state index contributed by atoms with van der Waals surface area (Å²) in [5.74, 6) is -0.167. The molecule has 1 aromatic carbocycles. The van der Waals surface area contributed by atoms with Crippen LogP contribution in [-0.4, -0.2) is 53.8 Å². The monoisotopic (exact) mass is 500 g/mol. The predicted octanol–water partition coefficient (Wildman–Crippen LogP) is 4.77. The lowest BCUT2D eigenvalue weighted by Crippen LogP contribution is -2.34. The number of rotatable bonds is 8. The number of imidazole rings is 1. The molecule has 0 aliphatic heterocycles. The fourth-order valence-corrected chi connectivity index (χ4v) is 3.75. The molecule has 4 rings (SSSR count). The molecule has 0 unspecified atom stereocenters. The molecular weight excluding hydrogens is 477 g/mol. The van der Waals surface area contributed by atoms with Crippen molar-refractivity contribution in [3.63, 3.8) is 0 Å². The van der Waals surface area contributed by atoms with Crippen molar-refractivity contribution in [3.8, 4) is 39.6 Å². The standard InChI is InChI=1S/C25H23F3N4O4/c1-4-36-18-7-17(11-29-12-18)15-5-6-32-19(13-30-22(32)10-15)16-8-20(34-2)23(21(9-16)35-3)24(33)31-14-25(26,27)28/h5-13H,4,14H2,1-3H3,(H,31,33). The number of carbonyl (C=O) groups excluding carboxylic acids is 1. The summed E-state index contributed by atoms with van der Waals surface area (Å²) in [7, 11) is 2.65. The molecule has 0 fully saturated rings. The third-order valence-corrected chi connectivity index (χ3v) is 5.35. The van der Waals surface area contributed by atoms with E-state index in [1.807, 2.05) is 41.0 Å². The normalized spacial score (nSPS) is 11.4. The summed E-state index contributed by atoms with van der Waals surface area (Å²) in [5.41, 5.74) is 3.53. The maximum absolute atomic E-state index is 12.6. The Hall–Kier alpha value is -4.28. The number of amides is 1. The van der Waals surface area contributed by atoms with Gasteiger partial charge < -0.3 is 19.5 Å². The van der Waals surface area contributed by atoms with Crippen LogP contribution in [-0.2, 0) is 0 Å². The first-order chi connectivity index (χ1) is 17.2. The van der Waals surface area contributed by atoms with Gasteiger partial charge >= 0.3 is 6.18 Å². The number of hydrogen-bond donors (Lipinski definition) is 1.